The van der Waals surface area contributed by atoms with Gasteiger partial charge in [-0.2, -0.15) is 0 Å². The lowest BCUT2D eigenvalue weighted by Gasteiger charge is -2.09. The van der Waals surface area contributed by atoms with E-state index in [9.17, 15) is 0 Å². The van der Waals surface area contributed by atoms with Crippen molar-refractivity contribution in [2.24, 2.45) is 17.4 Å². The van der Waals surface area contributed by atoms with Gasteiger partial charge in [0.25, 0.3) is 0 Å². The first kappa shape index (κ1) is 22.6. The number of carboxylic acid groups (broad SMARTS) is 2. The lowest BCUT2D eigenvalue weighted by Crippen LogP contribution is -2.10. The van der Waals surface area contributed by atoms with Crippen LogP contribution in [0.1, 0.15) is 39.0 Å². The highest BCUT2D eigenvalue weighted by molar-refractivity contribution is 5.61. The Bertz CT molecular complexity index is 189. The highest BCUT2D eigenvalue weighted by Gasteiger charge is 2.03. The fourth-order valence-electron chi connectivity index (χ4n) is 1.10. The second-order valence-electron chi connectivity index (χ2n) is 3.76. The highest BCUT2D eigenvalue weighted by Crippen LogP contribution is 2.09. The maximum Gasteiger partial charge on any atom is 0.402 e. The monoisotopic (exact) mass is 282 g/mol. The molecule has 0 saturated heterocycles. The average molecular weight is 282 g/mol. The van der Waals surface area contributed by atoms with Crippen molar-refractivity contribution in [2.75, 3.05) is 13.2 Å². The molecule has 2 amide bonds. The van der Waals surface area contributed by atoms with Gasteiger partial charge < -0.3 is 31.9 Å². The molecule has 19 heavy (non-hydrogen) atoms. The summed E-state index contributed by atoms with van der Waals surface area (Å²) in [5.74, 6) is 0.117. The molecule has 0 rings (SSSR count). The fraction of sp³-hybridized carbons (Fsp3) is 0.818. The molecule has 8 N–H and O–H groups in total. The number of carbonyl (C=O) groups is 2. The number of unbranched alkanes of at least 4 members (excludes halogenated alkanes) is 3. The van der Waals surface area contributed by atoms with Crippen molar-refractivity contribution in [2.45, 2.75) is 39.0 Å². The minimum absolute atomic E-state index is 0.117. The molecular weight excluding hydrogens is 256 g/mol. The van der Waals surface area contributed by atoms with Gasteiger partial charge in [-0.25, -0.2) is 9.59 Å². The van der Waals surface area contributed by atoms with Gasteiger partial charge in [-0.1, -0.05) is 32.6 Å². The molecule has 0 radical (unpaired) electrons. The van der Waals surface area contributed by atoms with Crippen molar-refractivity contribution in [3.05, 3.63) is 0 Å². The van der Waals surface area contributed by atoms with E-state index in [1.54, 1.807) is 0 Å². The smallest absolute Gasteiger partial charge is 0.402 e. The van der Waals surface area contributed by atoms with E-state index in [0.29, 0.717) is 0 Å². The zero-order valence-electron chi connectivity index (χ0n) is 11.3. The van der Waals surface area contributed by atoms with E-state index in [1.807, 2.05) is 0 Å². The summed E-state index contributed by atoms with van der Waals surface area (Å²) in [7, 11) is 0. The first-order chi connectivity index (χ1) is 8.81. The fourth-order valence-corrected chi connectivity index (χ4v) is 1.10. The topological polar surface area (TPSA) is 167 Å². The third-order valence-electron chi connectivity index (χ3n) is 1.98. The number of hydrogen-bond donors (Lipinski definition) is 6. The Morgan fingerprint density at radius 3 is 1.58 bits per heavy atom. The van der Waals surface area contributed by atoms with Gasteiger partial charge in [-0.15, -0.1) is 0 Å². The quantitative estimate of drug-likeness (QED) is 0.377. The number of rotatable bonds is 7. The number of primary amides is 2. The normalized spacial score (nSPS) is 8.84. The van der Waals surface area contributed by atoms with Gasteiger partial charge in [0, 0.05) is 19.1 Å². The summed E-state index contributed by atoms with van der Waals surface area (Å²) in [6.45, 7) is 2.43. The van der Waals surface area contributed by atoms with Crippen molar-refractivity contribution in [3.63, 3.8) is 0 Å². The molecule has 0 aromatic rings. The van der Waals surface area contributed by atoms with Crippen molar-refractivity contribution < 1.29 is 30.0 Å². The Hall–Kier alpha value is -1.54. The Kier molecular flexibility index (Phi) is 22.4. The maximum atomic E-state index is 8.78. The third-order valence-corrected chi connectivity index (χ3v) is 1.98. The number of amides is 2. The van der Waals surface area contributed by atoms with Crippen LogP contribution in [0.2, 0.25) is 0 Å². The zero-order chi connectivity index (χ0) is 15.7. The summed E-state index contributed by atoms with van der Waals surface area (Å²) >= 11 is 0. The number of aliphatic hydroxyl groups is 2. The minimum Gasteiger partial charge on any atom is -0.465 e. The van der Waals surface area contributed by atoms with E-state index in [4.69, 9.17) is 30.0 Å². The maximum absolute atomic E-state index is 8.78. The first-order valence-corrected chi connectivity index (χ1v) is 6.00. The molecule has 0 aromatic heterocycles. The summed E-state index contributed by atoms with van der Waals surface area (Å²) < 4.78 is 0. The molecule has 0 bridgehead atoms. The van der Waals surface area contributed by atoms with Gasteiger partial charge in [-0.05, 0) is 6.42 Å². The Morgan fingerprint density at radius 1 is 0.947 bits per heavy atom. The molecule has 0 fully saturated rings. The molecule has 0 aliphatic heterocycles. The van der Waals surface area contributed by atoms with Gasteiger partial charge >= 0.3 is 12.2 Å². The predicted molar refractivity (Wildman–Crippen MR) is 70.8 cm³/mol. The van der Waals surface area contributed by atoms with Crippen molar-refractivity contribution >= 4 is 12.2 Å². The van der Waals surface area contributed by atoms with Crippen LogP contribution < -0.4 is 11.5 Å². The standard InChI is InChI=1S/C9H20O2.2CH3NO2/c1-2-3-4-5-6-9(7-10)8-11;2*2-1(3)4/h9-11H,2-8H2,1H3;2*2H2,(H,3,4). The first-order valence-electron chi connectivity index (χ1n) is 6.00. The van der Waals surface area contributed by atoms with Crippen LogP contribution in [0.3, 0.4) is 0 Å². The summed E-state index contributed by atoms with van der Waals surface area (Å²) in [5.41, 5.74) is 8.06. The van der Waals surface area contributed by atoms with Crippen LogP contribution in [-0.2, 0) is 0 Å². The zero-order valence-corrected chi connectivity index (χ0v) is 11.3. The molecule has 0 aliphatic carbocycles. The van der Waals surface area contributed by atoms with Crippen molar-refractivity contribution in [3.8, 4) is 0 Å². The molecule has 0 unspecified atom stereocenters. The SMILES string of the molecule is CCCCCCC(CO)CO.NC(=O)O.NC(=O)O. The minimum atomic E-state index is -1.33. The van der Waals surface area contributed by atoms with Gasteiger partial charge in [0.1, 0.15) is 0 Å². The Labute approximate surface area is 113 Å². The van der Waals surface area contributed by atoms with E-state index >= 15 is 0 Å². The molecular formula is C11H26N2O6. The number of aliphatic hydroxyl groups excluding tert-OH is 2. The van der Waals surface area contributed by atoms with Crippen LogP contribution in [0.25, 0.3) is 0 Å². The predicted octanol–water partition coefficient (Wildman–Crippen LogP) is 0.804. The van der Waals surface area contributed by atoms with Crippen LogP contribution in [0.15, 0.2) is 0 Å². The molecule has 0 aromatic carbocycles. The molecule has 116 valence electrons. The van der Waals surface area contributed by atoms with Gasteiger partial charge in [-0.3, -0.25) is 0 Å². The summed E-state index contributed by atoms with van der Waals surface area (Å²) in [4.78, 5) is 17.6. The van der Waals surface area contributed by atoms with Gasteiger partial charge in [0.2, 0.25) is 0 Å². The second kappa shape index (κ2) is 18.8. The highest BCUT2D eigenvalue weighted by atomic mass is 16.4. The van der Waals surface area contributed by atoms with Crippen LogP contribution >= 0.6 is 0 Å². The van der Waals surface area contributed by atoms with Crippen LogP contribution in [0, 0.1) is 5.92 Å². The van der Waals surface area contributed by atoms with Crippen molar-refractivity contribution in [1.82, 2.24) is 0 Å². The third kappa shape index (κ3) is 48.1. The van der Waals surface area contributed by atoms with E-state index in [1.165, 1.54) is 19.3 Å². The largest absolute Gasteiger partial charge is 0.465 e. The van der Waals surface area contributed by atoms with E-state index in [-0.39, 0.29) is 19.1 Å². The molecule has 0 aliphatic rings. The van der Waals surface area contributed by atoms with E-state index in [0.717, 1.165) is 12.8 Å². The Balaban J connectivity index is -0.000000264. The lowest BCUT2D eigenvalue weighted by atomic mass is 10.0. The Morgan fingerprint density at radius 2 is 1.32 bits per heavy atom. The summed E-state index contributed by atoms with van der Waals surface area (Å²) in [6, 6.07) is 0. The molecule has 0 heterocycles. The van der Waals surface area contributed by atoms with E-state index in [2.05, 4.69) is 18.4 Å². The molecule has 0 atom stereocenters. The lowest BCUT2D eigenvalue weighted by molar-refractivity contribution is 0.141. The second-order valence-corrected chi connectivity index (χ2v) is 3.76. The van der Waals surface area contributed by atoms with Gasteiger partial charge in [0.05, 0.1) is 0 Å². The summed E-state index contributed by atoms with van der Waals surface area (Å²) in [5, 5.41) is 31.8. The van der Waals surface area contributed by atoms with Crippen LogP contribution in [0.4, 0.5) is 9.59 Å². The molecule has 0 spiro atoms. The average Bonchev–Trinajstić information content (AvgIpc) is 2.28. The summed E-state index contributed by atoms with van der Waals surface area (Å²) in [6.07, 6.45) is 3.17. The molecule has 0 saturated carbocycles. The van der Waals surface area contributed by atoms with Gasteiger partial charge in [0.15, 0.2) is 0 Å². The molecule has 8 heteroatoms. The van der Waals surface area contributed by atoms with Crippen LogP contribution in [0.5, 0.6) is 0 Å². The molecule has 8 nitrogen and oxygen atoms in total. The number of nitrogens with two attached hydrogens (primary N) is 2. The van der Waals surface area contributed by atoms with Crippen molar-refractivity contribution in [1.29, 1.82) is 0 Å². The van der Waals surface area contributed by atoms with E-state index < -0.39 is 12.2 Å². The van der Waals surface area contributed by atoms with Crippen LogP contribution in [-0.4, -0.2) is 45.8 Å². The number of hydrogen-bond acceptors (Lipinski definition) is 4.